The number of methoxy groups -OCH3 is 1. The number of benzene rings is 1. The fourth-order valence-electron chi connectivity index (χ4n) is 2.67. The number of aromatic nitrogens is 5. The standard InChI is InChI=1S/C18H12ClF3N6O/c1-29-14-4-3-11(6-13(14)19)27-16-12-8-26-28(17(12)25-9-24-16)15-5-2-10(7-23-15)18(20,21)22/h2-9H,1H3,(H,24,25,27). The minimum Gasteiger partial charge on any atom is -0.495 e. The Hall–Kier alpha value is -3.40. The number of pyridine rings is 1. The molecule has 1 N–H and O–H groups in total. The molecule has 0 aliphatic rings. The van der Waals surface area contributed by atoms with Gasteiger partial charge in [-0.3, -0.25) is 0 Å². The Morgan fingerprint density at radius 3 is 2.55 bits per heavy atom. The molecule has 0 bridgehead atoms. The lowest BCUT2D eigenvalue weighted by Gasteiger charge is -2.09. The van der Waals surface area contributed by atoms with Gasteiger partial charge in [-0.2, -0.15) is 23.0 Å². The summed E-state index contributed by atoms with van der Waals surface area (Å²) in [6, 6.07) is 7.32. The third-order valence-electron chi connectivity index (χ3n) is 4.07. The molecule has 0 saturated heterocycles. The van der Waals surface area contributed by atoms with Crippen molar-refractivity contribution in [3.05, 3.63) is 59.6 Å². The molecule has 0 radical (unpaired) electrons. The first-order chi connectivity index (χ1) is 13.9. The Morgan fingerprint density at radius 2 is 1.90 bits per heavy atom. The van der Waals surface area contributed by atoms with Crippen LogP contribution in [0.1, 0.15) is 5.56 Å². The molecular weight excluding hydrogens is 409 g/mol. The lowest BCUT2D eigenvalue weighted by Crippen LogP contribution is -2.07. The van der Waals surface area contributed by atoms with Gasteiger partial charge >= 0.3 is 6.18 Å². The quantitative estimate of drug-likeness (QED) is 0.518. The molecule has 1 aromatic carbocycles. The first kappa shape index (κ1) is 18.9. The van der Waals surface area contributed by atoms with Crippen molar-refractivity contribution in [1.29, 1.82) is 0 Å². The maximum atomic E-state index is 12.7. The molecule has 0 saturated carbocycles. The average molecular weight is 421 g/mol. The minimum absolute atomic E-state index is 0.199. The number of nitrogens with one attached hydrogen (secondary N) is 1. The van der Waals surface area contributed by atoms with Gasteiger partial charge in [-0.15, -0.1) is 0 Å². The molecule has 0 aliphatic heterocycles. The van der Waals surface area contributed by atoms with Gasteiger partial charge < -0.3 is 10.1 Å². The first-order valence-electron chi connectivity index (χ1n) is 8.20. The number of alkyl halides is 3. The summed E-state index contributed by atoms with van der Waals surface area (Å²) >= 11 is 6.14. The van der Waals surface area contributed by atoms with Gasteiger partial charge in [-0.25, -0.2) is 15.0 Å². The molecule has 0 fully saturated rings. The van der Waals surface area contributed by atoms with Crippen molar-refractivity contribution in [2.75, 3.05) is 12.4 Å². The van der Waals surface area contributed by atoms with Crippen LogP contribution >= 0.6 is 11.6 Å². The van der Waals surface area contributed by atoms with E-state index in [4.69, 9.17) is 16.3 Å². The predicted molar refractivity (Wildman–Crippen MR) is 101 cm³/mol. The number of nitrogens with zero attached hydrogens (tertiary/aromatic N) is 5. The van der Waals surface area contributed by atoms with Crippen LogP contribution in [0.3, 0.4) is 0 Å². The molecule has 148 valence electrons. The van der Waals surface area contributed by atoms with Gasteiger partial charge in [0, 0.05) is 11.9 Å². The second-order valence-electron chi connectivity index (χ2n) is 5.89. The molecule has 3 heterocycles. The zero-order chi connectivity index (χ0) is 20.6. The highest BCUT2D eigenvalue weighted by Crippen LogP contribution is 2.31. The van der Waals surface area contributed by atoms with Gasteiger partial charge in [-0.05, 0) is 30.3 Å². The van der Waals surface area contributed by atoms with Crippen LogP contribution in [0.2, 0.25) is 5.02 Å². The maximum Gasteiger partial charge on any atom is 0.417 e. The Balaban J connectivity index is 1.69. The van der Waals surface area contributed by atoms with Crippen LogP contribution in [0, 0.1) is 0 Å². The highest BCUT2D eigenvalue weighted by molar-refractivity contribution is 6.32. The lowest BCUT2D eigenvalue weighted by molar-refractivity contribution is -0.137. The van der Waals surface area contributed by atoms with E-state index in [0.29, 0.717) is 33.3 Å². The van der Waals surface area contributed by atoms with Gasteiger partial charge in [0.15, 0.2) is 11.5 Å². The minimum atomic E-state index is -4.46. The van der Waals surface area contributed by atoms with E-state index in [9.17, 15) is 13.2 Å². The second-order valence-corrected chi connectivity index (χ2v) is 6.30. The van der Waals surface area contributed by atoms with E-state index in [1.54, 1.807) is 18.2 Å². The molecular formula is C18H12ClF3N6O. The van der Waals surface area contributed by atoms with E-state index in [2.05, 4.69) is 25.4 Å². The molecule has 29 heavy (non-hydrogen) atoms. The zero-order valence-corrected chi connectivity index (χ0v) is 15.5. The molecule has 11 heteroatoms. The van der Waals surface area contributed by atoms with Crippen LogP contribution in [0.15, 0.2) is 49.1 Å². The number of halogens is 4. The Kier molecular flexibility index (Phi) is 4.71. The third kappa shape index (κ3) is 3.66. The topological polar surface area (TPSA) is 77.8 Å². The molecule has 0 amide bonds. The second kappa shape index (κ2) is 7.21. The summed E-state index contributed by atoms with van der Waals surface area (Å²) in [7, 11) is 1.52. The molecule has 0 unspecified atom stereocenters. The molecule has 4 aromatic rings. The fourth-order valence-corrected chi connectivity index (χ4v) is 2.93. The molecule has 4 rings (SSSR count). The Morgan fingerprint density at radius 1 is 1.07 bits per heavy atom. The summed E-state index contributed by atoms with van der Waals surface area (Å²) in [5.41, 5.74) is 0.205. The van der Waals surface area contributed by atoms with Crippen LogP contribution in [0.25, 0.3) is 16.9 Å². The smallest absolute Gasteiger partial charge is 0.417 e. The normalized spacial score (nSPS) is 11.6. The van der Waals surface area contributed by atoms with E-state index in [1.807, 2.05) is 0 Å². The van der Waals surface area contributed by atoms with Crippen LogP contribution < -0.4 is 10.1 Å². The largest absolute Gasteiger partial charge is 0.495 e. The highest BCUT2D eigenvalue weighted by Gasteiger charge is 2.30. The van der Waals surface area contributed by atoms with Crippen molar-refractivity contribution >= 4 is 34.1 Å². The van der Waals surface area contributed by atoms with Crippen LogP contribution in [-0.2, 0) is 6.18 Å². The summed E-state index contributed by atoms with van der Waals surface area (Å²) in [4.78, 5) is 12.2. The van der Waals surface area contributed by atoms with E-state index < -0.39 is 11.7 Å². The van der Waals surface area contributed by atoms with Crippen molar-refractivity contribution in [2.45, 2.75) is 6.18 Å². The Bertz CT molecular complexity index is 1180. The Labute approximate surface area is 167 Å². The van der Waals surface area contributed by atoms with Gasteiger partial charge in [0.05, 0.1) is 29.3 Å². The van der Waals surface area contributed by atoms with Crippen LogP contribution in [-0.4, -0.2) is 31.8 Å². The number of rotatable bonds is 4. The monoisotopic (exact) mass is 420 g/mol. The number of anilines is 2. The van der Waals surface area contributed by atoms with Crippen LogP contribution in [0.4, 0.5) is 24.7 Å². The number of ether oxygens (including phenoxy) is 1. The van der Waals surface area contributed by atoms with Crippen molar-refractivity contribution in [1.82, 2.24) is 24.7 Å². The van der Waals surface area contributed by atoms with Gasteiger partial charge in [0.1, 0.15) is 17.9 Å². The highest BCUT2D eigenvalue weighted by atomic mass is 35.5. The van der Waals surface area contributed by atoms with Crippen LogP contribution in [0.5, 0.6) is 5.75 Å². The number of hydrogen-bond acceptors (Lipinski definition) is 6. The summed E-state index contributed by atoms with van der Waals surface area (Å²) in [6.07, 6.45) is -0.890. The van der Waals surface area contributed by atoms with Crippen molar-refractivity contribution in [2.24, 2.45) is 0 Å². The summed E-state index contributed by atoms with van der Waals surface area (Å²) in [5, 5.41) is 8.29. The van der Waals surface area contributed by atoms with Crippen molar-refractivity contribution in [3.8, 4) is 11.6 Å². The van der Waals surface area contributed by atoms with E-state index >= 15 is 0 Å². The lowest BCUT2D eigenvalue weighted by atomic mass is 10.3. The van der Waals surface area contributed by atoms with Gasteiger partial charge in [0.25, 0.3) is 0 Å². The average Bonchev–Trinajstić information content (AvgIpc) is 3.13. The van der Waals surface area contributed by atoms with Crippen molar-refractivity contribution in [3.63, 3.8) is 0 Å². The molecule has 3 aromatic heterocycles. The SMILES string of the molecule is COc1ccc(Nc2ncnc3c2cnn3-c2ccc(C(F)(F)F)cn2)cc1Cl. The maximum absolute atomic E-state index is 12.7. The van der Waals surface area contributed by atoms with Gasteiger partial charge in [-0.1, -0.05) is 11.6 Å². The summed E-state index contributed by atoms with van der Waals surface area (Å²) in [6.45, 7) is 0. The fraction of sp³-hybridized carbons (Fsp3) is 0.111. The van der Waals surface area contributed by atoms with Crippen molar-refractivity contribution < 1.29 is 17.9 Å². The summed E-state index contributed by atoms with van der Waals surface area (Å²) < 4.78 is 44.7. The summed E-state index contributed by atoms with van der Waals surface area (Å²) in [5.74, 6) is 1.19. The molecule has 0 aliphatic carbocycles. The van der Waals surface area contributed by atoms with E-state index in [0.717, 1.165) is 12.3 Å². The van der Waals surface area contributed by atoms with E-state index in [-0.39, 0.29) is 5.82 Å². The molecule has 7 nitrogen and oxygen atoms in total. The first-order valence-corrected chi connectivity index (χ1v) is 8.57. The van der Waals surface area contributed by atoms with E-state index in [1.165, 1.54) is 30.4 Å². The van der Waals surface area contributed by atoms with Gasteiger partial charge in [0.2, 0.25) is 0 Å². The predicted octanol–water partition coefficient (Wildman–Crippen LogP) is 4.63. The number of fused-ring (bicyclic) bond motifs is 1. The molecule has 0 spiro atoms. The third-order valence-corrected chi connectivity index (χ3v) is 4.37. The number of hydrogen-bond donors (Lipinski definition) is 1. The molecule has 0 atom stereocenters. The zero-order valence-electron chi connectivity index (χ0n) is 14.8.